The van der Waals surface area contributed by atoms with Gasteiger partial charge in [-0.05, 0) is 47.8 Å². The van der Waals surface area contributed by atoms with Gasteiger partial charge < -0.3 is 4.74 Å². The van der Waals surface area contributed by atoms with Gasteiger partial charge >= 0.3 is 0 Å². The highest BCUT2D eigenvalue weighted by Crippen LogP contribution is 2.50. The molecular weight excluding hydrogens is 308 g/mol. The molecule has 22 heavy (non-hydrogen) atoms. The topological polar surface area (TPSA) is 9.23 Å². The Hall–Kier alpha value is -1.50. The van der Waals surface area contributed by atoms with Crippen molar-refractivity contribution in [1.29, 1.82) is 0 Å². The Morgan fingerprint density at radius 3 is 2.27 bits per heavy atom. The first-order chi connectivity index (χ1) is 10.8. The molecule has 3 rings (SSSR count). The molecule has 1 heterocycles. The van der Waals surface area contributed by atoms with E-state index in [9.17, 15) is 0 Å². The fourth-order valence-corrected chi connectivity index (χ4v) is 5.35. The van der Waals surface area contributed by atoms with Gasteiger partial charge in [-0.2, -0.15) is 0 Å². The van der Waals surface area contributed by atoms with Crippen LogP contribution in [0.4, 0.5) is 0 Å². The van der Waals surface area contributed by atoms with Crippen molar-refractivity contribution in [1.82, 2.24) is 0 Å². The molecule has 112 valence electrons. The molecule has 1 nitrogen and oxygen atoms in total. The monoisotopic (exact) mass is 326 g/mol. The number of ether oxygens (including phenoxy) is 1. The summed E-state index contributed by atoms with van der Waals surface area (Å²) in [6.45, 7) is 0. The van der Waals surface area contributed by atoms with E-state index in [0.29, 0.717) is 0 Å². The van der Waals surface area contributed by atoms with Crippen LogP contribution in [0.5, 0.6) is 5.75 Å². The van der Waals surface area contributed by atoms with Gasteiger partial charge in [0.15, 0.2) is 0 Å². The van der Waals surface area contributed by atoms with Crippen LogP contribution in [0, 0.1) is 11.8 Å². The summed E-state index contributed by atoms with van der Waals surface area (Å²) in [5, 5.41) is 0. The summed E-state index contributed by atoms with van der Waals surface area (Å²) in [5.74, 6) is 10.1. The van der Waals surface area contributed by atoms with Crippen LogP contribution >= 0.6 is 23.5 Å². The molecule has 1 fully saturated rings. The van der Waals surface area contributed by atoms with E-state index < -0.39 is 0 Å². The van der Waals surface area contributed by atoms with Crippen molar-refractivity contribution in [3.05, 3.63) is 65.7 Å². The van der Waals surface area contributed by atoms with Gasteiger partial charge in [0.2, 0.25) is 0 Å². The molecule has 2 aromatic carbocycles. The largest absolute Gasteiger partial charge is 0.497 e. The lowest BCUT2D eigenvalue weighted by molar-refractivity contribution is 0.414. The molecule has 0 aromatic heterocycles. The standard InChI is InChI=1S/C19H18OS2/c1-20-18-10-8-17(9-11-18)19(21-14-5-15-22-19)13-12-16-6-3-2-4-7-16/h2-4,6-11H,5,14-15H2,1H3. The second kappa shape index (κ2) is 7.17. The minimum absolute atomic E-state index is 0.166. The van der Waals surface area contributed by atoms with E-state index in [4.69, 9.17) is 4.74 Å². The van der Waals surface area contributed by atoms with Gasteiger partial charge in [0.05, 0.1) is 7.11 Å². The van der Waals surface area contributed by atoms with E-state index in [0.717, 1.165) is 22.8 Å². The maximum Gasteiger partial charge on any atom is 0.147 e. The van der Waals surface area contributed by atoms with E-state index in [1.165, 1.54) is 12.0 Å². The molecule has 1 saturated heterocycles. The van der Waals surface area contributed by atoms with E-state index in [-0.39, 0.29) is 4.08 Å². The first-order valence-corrected chi connectivity index (χ1v) is 9.30. The molecule has 1 aliphatic heterocycles. The second-order valence-corrected chi connectivity index (χ2v) is 7.89. The van der Waals surface area contributed by atoms with Crippen LogP contribution in [0.15, 0.2) is 54.6 Å². The van der Waals surface area contributed by atoms with E-state index >= 15 is 0 Å². The molecule has 2 aromatic rings. The zero-order chi connectivity index (χ0) is 15.3. The molecule has 0 amide bonds. The van der Waals surface area contributed by atoms with Gasteiger partial charge in [-0.1, -0.05) is 42.2 Å². The lowest BCUT2D eigenvalue weighted by Crippen LogP contribution is -2.20. The van der Waals surface area contributed by atoms with E-state index in [2.05, 4.69) is 36.1 Å². The van der Waals surface area contributed by atoms with Gasteiger partial charge in [-0.25, -0.2) is 0 Å². The highest BCUT2D eigenvalue weighted by Gasteiger charge is 2.34. The molecule has 1 aliphatic rings. The van der Waals surface area contributed by atoms with Crippen molar-refractivity contribution in [2.24, 2.45) is 0 Å². The van der Waals surface area contributed by atoms with Crippen LogP contribution in [0.25, 0.3) is 0 Å². The molecule has 0 N–H and O–H groups in total. The first-order valence-electron chi connectivity index (χ1n) is 7.33. The summed E-state index contributed by atoms with van der Waals surface area (Å²) in [6.07, 6.45) is 1.25. The smallest absolute Gasteiger partial charge is 0.147 e. The quantitative estimate of drug-likeness (QED) is 0.736. The summed E-state index contributed by atoms with van der Waals surface area (Å²) < 4.78 is 5.10. The fraction of sp³-hybridized carbons (Fsp3) is 0.263. The van der Waals surface area contributed by atoms with Crippen LogP contribution in [0.1, 0.15) is 17.5 Å². The predicted octanol–water partition coefficient (Wildman–Crippen LogP) is 4.77. The third-order valence-corrected chi connectivity index (χ3v) is 6.70. The zero-order valence-electron chi connectivity index (χ0n) is 12.5. The Kier molecular flexibility index (Phi) is 5.02. The number of hydrogen-bond donors (Lipinski definition) is 0. The lowest BCUT2D eigenvalue weighted by Gasteiger charge is -2.31. The summed E-state index contributed by atoms with van der Waals surface area (Å²) in [4.78, 5) is 0. The van der Waals surface area contributed by atoms with Crippen molar-refractivity contribution in [2.75, 3.05) is 18.6 Å². The number of hydrogen-bond acceptors (Lipinski definition) is 3. The maximum absolute atomic E-state index is 5.27. The molecule has 0 unspecified atom stereocenters. The van der Waals surface area contributed by atoms with Crippen molar-refractivity contribution in [3.63, 3.8) is 0 Å². The maximum atomic E-state index is 5.27. The third kappa shape index (κ3) is 3.45. The van der Waals surface area contributed by atoms with Gasteiger partial charge in [0.1, 0.15) is 9.83 Å². The lowest BCUT2D eigenvalue weighted by atomic mass is 10.1. The highest BCUT2D eigenvalue weighted by molar-refractivity contribution is 8.18. The molecule has 3 heteroatoms. The first kappa shape index (κ1) is 15.4. The molecule has 0 aliphatic carbocycles. The van der Waals surface area contributed by atoms with Gasteiger partial charge in [0.25, 0.3) is 0 Å². The normalized spacial score (nSPS) is 16.4. The van der Waals surface area contributed by atoms with Crippen LogP contribution < -0.4 is 4.74 Å². The summed E-state index contributed by atoms with van der Waals surface area (Å²) in [5.41, 5.74) is 2.33. The molecule has 0 saturated carbocycles. The predicted molar refractivity (Wildman–Crippen MR) is 97.5 cm³/mol. The minimum Gasteiger partial charge on any atom is -0.497 e. The van der Waals surface area contributed by atoms with Crippen LogP contribution in [0.2, 0.25) is 0 Å². The Labute approximate surface area is 140 Å². The Morgan fingerprint density at radius 2 is 1.64 bits per heavy atom. The SMILES string of the molecule is COc1ccc(C2(C#Cc3ccccc3)SCCCS2)cc1. The van der Waals surface area contributed by atoms with Crippen LogP contribution in [0.3, 0.4) is 0 Å². The highest BCUT2D eigenvalue weighted by atomic mass is 32.2. The number of methoxy groups -OCH3 is 1. The van der Waals surface area contributed by atoms with Crippen molar-refractivity contribution >= 4 is 23.5 Å². The van der Waals surface area contributed by atoms with E-state index in [1.54, 1.807) is 7.11 Å². The van der Waals surface area contributed by atoms with Gasteiger partial charge in [0, 0.05) is 5.56 Å². The molecule has 0 spiro atoms. The van der Waals surface area contributed by atoms with Crippen molar-refractivity contribution in [2.45, 2.75) is 10.5 Å². The van der Waals surface area contributed by atoms with Crippen LogP contribution in [-0.4, -0.2) is 18.6 Å². The van der Waals surface area contributed by atoms with Crippen molar-refractivity contribution in [3.8, 4) is 17.6 Å². The Morgan fingerprint density at radius 1 is 0.955 bits per heavy atom. The van der Waals surface area contributed by atoms with Gasteiger partial charge in [-0.3, -0.25) is 0 Å². The Bertz CT molecular complexity index is 662. The van der Waals surface area contributed by atoms with E-state index in [1.807, 2.05) is 53.9 Å². The molecule has 0 atom stereocenters. The Balaban J connectivity index is 1.95. The third-order valence-electron chi connectivity index (χ3n) is 3.51. The summed E-state index contributed by atoms with van der Waals surface area (Å²) in [7, 11) is 1.70. The number of benzene rings is 2. The second-order valence-electron chi connectivity index (χ2n) is 5.01. The summed E-state index contributed by atoms with van der Waals surface area (Å²) >= 11 is 3.89. The molecule has 0 bridgehead atoms. The number of thioether (sulfide) groups is 2. The van der Waals surface area contributed by atoms with Crippen LogP contribution in [-0.2, 0) is 4.08 Å². The van der Waals surface area contributed by atoms with Crippen molar-refractivity contribution < 1.29 is 4.74 Å². The average Bonchev–Trinajstić information content (AvgIpc) is 2.62. The minimum atomic E-state index is -0.166. The molecular formula is C19H18OS2. The zero-order valence-corrected chi connectivity index (χ0v) is 14.2. The fourth-order valence-electron chi connectivity index (χ4n) is 2.33. The van der Waals surface area contributed by atoms with Gasteiger partial charge in [-0.15, -0.1) is 23.5 Å². The average molecular weight is 326 g/mol. The summed E-state index contributed by atoms with van der Waals surface area (Å²) in [6, 6.07) is 18.5. The molecule has 0 radical (unpaired) electrons. The number of rotatable bonds is 2.